The first-order chi connectivity index (χ1) is 20.2. The maximum absolute atomic E-state index is 13.7. The molecule has 0 aliphatic rings. The van der Waals surface area contributed by atoms with Crippen molar-refractivity contribution in [1.82, 2.24) is 19.7 Å². The van der Waals surface area contributed by atoms with Crippen LogP contribution in [0.15, 0.2) is 57.8 Å². The first kappa shape index (κ1) is 33.3. The van der Waals surface area contributed by atoms with E-state index in [1.807, 2.05) is 50.4 Å². The summed E-state index contributed by atoms with van der Waals surface area (Å²) in [6.45, 7) is 9.33. The van der Waals surface area contributed by atoms with Crippen molar-refractivity contribution >= 4 is 34.0 Å². The van der Waals surface area contributed by atoms with E-state index < -0.39 is 12.7 Å². The van der Waals surface area contributed by atoms with Crippen molar-refractivity contribution in [3.8, 4) is 11.6 Å². The number of halogens is 3. The summed E-state index contributed by atoms with van der Waals surface area (Å²) >= 11 is 1.63. The van der Waals surface area contributed by atoms with E-state index in [1.54, 1.807) is 30.0 Å². The Labute approximate surface area is 251 Å². The summed E-state index contributed by atoms with van der Waals surface area (Å²) in [7, 11) is 2.11. The van der Waals surface area contributed by atoms with Crippen molar-refractivity contribution in [3.63, 3.8) is 0 Å². The maximum Gasteiger partial charge on any atom is 0.406 e. The van der Waals surface area contributed by atoms with Gasteiger partial charge >= 0.3 is 6.18 Å². The number of rotatable bonds is 14. The molecule has 0 radical (unpaired) electrons. The quantitative estimate of drug-likeness (QED) is 0.140. The zero-order valence-corrected chi connectivity index (χ0v) is 26.2. The minimum Gasteiger partial charge on any atom is -0.417 e. The summed E-state index contributed by atoms with van der Waals surface area (Å²) in [6.07, 6.45) is 0.492. The van der Waals surface area contributed by atoms with Gasteiger partial charge in [-0.25, -0.2) is 0 Å². The van der Waals surface area contributed by atoms with Crippen LogP contribution < -0.4 is 10.6 Å². The Morgan fingerprint density at radius 1 is 1.05 bits per heavy atom. The number of thioether (sulfide) groups is 1. The number of nitrogens with one attached hydrogen (secondary N) is 2. The molecule has 1 atom stereocenters. The van der Waals surface area contributed by atoms with Crippen molar-refractivity contribution in [2.45, 2.75) is 77.2 Å². The molecule has 42 heavy (non-hydrogen) atoms. The number of nitrogens with zero attached hydrogens (tertiary/aromatic N) is 4. The standard InChI is InChI=1S/C29H37F3N6OS.C2H6/c1-5-14-37(3)15-13-20(6-2)34-24-11-8-12-25-23(24)17-26(38(25)19-29(30,31)32)28-36-35-27(39-28)18-33-21-9-7-10-22(16-21)40-4;1-2/h7-12,16-17,20,33-34H,5-6,13-15,18-19H2,1-4H3;1-2H3. The molecule has 4 rings (SSSR count). The third-order valence-electron chi connectivity index (χ3n) is 6.80. The van der Waals surface area contributed by atoms with Gasteiger partial charge in [0.1, 0.15) is 12.2 Å². The van der Waals surface area contributed by atoms with Crippen molar-refractivity contribution in [2.24, 2.45) is 0 Å². The van der Waals surface area contributed by atoms with E-state index in [0.717, 1.165) is 48.6 Å². The molecule has 1 unspecified atom stereocenters. The van der Waals surface area contributed by atoms with Crippen LogP contribution in [0.2, 0.25) is 0 Å². The monoisotopic (exact) mass is 604 g/mol. The van der Waals surface area contributed by atoms with Crippen molar-refractivity contribution in [2.75, 3.05) is 37.0 Å². The summed E-state index contributed by atoms with van der Waals surface area (Å²) in [5.41, 5.74) is 2.38. The smallest absolute Gasteiger partial charge is 0.406 e. The van der Waals surface area contributed by atoms with Crippen LogP contribution in [0.4, 0.5) is 24.5 Å². The molecule has 0 saturated heterocycles. The van der Waals surface area contributed by atoms with Gasteiger partial charge in [-0.3, -0.25) is 0 Å². The predicted octanol–water partition coefficient (Wildman–Crippen LogP) is 8.54. The van der Waals surface area contributed by atoms with Crippen molar-refractivity contribution in [3.05, 3.63) is 54.4 Å². The number of benzene rings is 2. The van der Waals surface area contributed by atoms with Gasteiger partial charge in [-0.1, -0.05) is 39.8 Å². The Kier molecular flexibility index (Phi) is 12.6. The number of fused-ring (bicyclic) bond motifs is 1. The fourth-order valence-corrected chi connectivity index (χ4v) is 5.20. The van der Waals surface area contributed by atoms with Crippen LogP contribution in [0.3, 0.4) is 0 Å². The van der Waals surface area contributed by atoms with Gasteiger partial charge in [0, 0.05) is 27.7 Å². The predicted molar refractivity (Wildman–Crippen MR) is 168 cm³/mol. The Balaban J connectivity index is 0.00000237. The van der Waals surface area contributed by atoms with Crippen LogP contribution in [0.25, 0.3) is 22.5 Å². The molecule has 0 saturated carbocycles. The van der Waals surface area contributed by atoms with Gasteiger partial charge in [0.15, 0.2) is 0 Å². The Bertz CT molecular complexity index is 1390. The molecule has 4 aromatic rings. The van der Waals surface area contributed by atoms with Gasteiger partial charge in [-0.2, -0.15) is 13.2 Å². The molecule has 0 amide bonds. The van der Waals surface area contributed by atoms with Crippen LogP contribution in [0.1, 0.15) is 52.8 Å². The molecule has 0 bridgehead atoms. The highest BCUT2D eigenvalue weighted by atomic mass is 32.2. The van der Waals surface area contributed by atoms with E-state index in [-0.39, 0.29) is 30.1 Å². The molecule has 11 heteroatoms. The molecule has 2 N–H and O–H groups in total. The lowest BCUT2D eigenvalue weighted by Crippen LogP contribution is -2.27. The zero-order valence-electron chi connectivity index (χ0n) is 25.4. The summed E-state index contributed by atoms with van der Waals surface area (Å²) in [5.74, 6) is 0.336. The Morgan fingerprint density at radius 2 is 1.81 bits per heavy atom. The second kappa shape index (κ2) is 15.9. The van der Waals surface area contributed by atoms with Crippen LogP contribution in [-0.2, 0) is 13.1 Å². The van der Waals surface area contributed by atoms with Crippen LogP contribution >= 0.6 is 11.8 Å². The normalized spacial score (nSPS) is 12.3. The number of alkyl halides is 3. The van der Waals surface area contributed by atoms with E-state index in [1.165, 1.54) is 4.57 Å². The lowest BCUT2D eigenvalue weighted by molar-refractivity contribution is -0.139. The molecule has 230 valence electrons. The first-order valence-corrected chi connectivity index (χ1v) is 15.8. The molecular weight excluding hydrogens is 561 g/mol. The minimum absolute atomic E-state index is 0.0503. The lowest BCUT2D eigenvalue weighted by atomic mass is 10.1. The van der Waals surface area contributed by atoms with E-state index >= 15 is 0 Å². The van der Waals surface area contributed by atoms with E-state index in [4.69, 9.17) is 4.42 Å². The Hall–Kier alpha value is -3.18. The average Bonchev–Trinajstić information content (AvgIpc) is 3.60. The Morgan fingerprint density at radius 3 is 2.50 bits per heavy atom. The van der Waals surface area contributed by atoms with E-state index in [0.29, 0.717) is 10.9 Å². The molecule has 0 spiro atoms. The third-order valence-corrected chi connectivity index (χ3v) is 7.52. The minimum atomic E-state index is -4.42. The second-order valence-electron chi connectivity index (χ2n) is 9.90. The van der Waals surface area contributed by atoms with Crippen molar-refractivity contribution < 1.29 is 17.6 Å². The molecule has 2 heterocycles. The maximum atomic E-state index is 13.7. The highest BCUT2D eigenvalue weighted by Gasteiger charge is 2.31. The van der Waals surface area contributed by atoms with E-state index in [2.05, 4.69) is 46.6 Å². The van der Waals surface area contributed by atoms with E-state index in [9.17, 15) is 13.2 Å². The van der Waals surface area contributed by atoms with Crippen LogP contribution in [0, 0.1) is 0 Å². The van der Waals surface area contributed by atoms with Gasteiger partial charge < -0.3 is 24.5 Å². The largest absolute Gasteiger partial charge is 0.417 e. The molecule has 7 nitrogen and oxygen atoms in total. The second-order valence-corrected chi connectivity index (χ2v) is 10.8. The highest BCUT2D eigenvalue weighted by Crippen LogP contribution is 2.35. The molecule has 0 aliphatic heterocycles. The van der Waals surface area contributed by atoms with Crippen LogP contribution in [-0.4, -0.2) is 58.3 Å². The number of anilines is 2. The molecule has 2 aromatic carbocycles. The zero-order chi connectivity index (χ0) is 30.7. The molecule has 0 aliphatic carbocycles. The first-order valence-electron chi connectivity index (χ1n) is 14.6. The number of hydrogen-bond acceptors (Lipinski definition) is 7. The molecule has 2 aromatic heterocycles. The number of hydrogen-bond donors (Lipinski definition) is 2. The van der Waals surface area contributed by atoms with Crippen molar-refractivity contribution in [1.29, 1.82) is 0 Å². The van der Waals surface area contributed by atoms with Gasteiger partial charge in [0.2, 0.25) is 5.89 Å². The van der Waals surface area contributed by atoms with Gasteiger partial charge in [0.05, 0.1) is 12.1 Å². The van der Waals surface area contributed by atoms with Gasteiger partial charge in [-0.05, 0) is 82.1 Å². The summed E-state index contributed by atoms with van der Waals surface area (Å²) < 4.78 is 48.2. The van der Waals surface area contributed by atoms with Gasteiger partial charge in [0.25, 0.3) is 5.89 Å². The van der Waals surface area contributed by atoms with Crippen LogP contribution in [0.5, 0.6) is 0 Å². The third kappa shape index (κ3) is 9.16. The fourth-order valence-electron chi connectivity index (χ4n) is 4.74. The summed E-state index contributed by atoms with van der Waals surface area (Å²) in [6, 6.07) is 15.2. The van der Waals surface area contributed by atoms with Gasteiger partial charge in [-0.15, -0.1) is 22.0 Å². The molecular formula is C31H43F3N6OS. The summed E-state index contributed by atoms with van der Waals surface area (Å²) in [4.78, 5) is 3.40. The number of aromatic nitrogens is 3. The average molecular weight is 605 g/mol. The SMILES string of the molecule is CC.CCCN(C)CCC(CC)Nc1cccc2c1cc(-c1nnc(CNc3cccc(SC)c3)o1)n2CC(F)(F)F. The highest BCUT2D eigenvalue weighted by molar-refractivity contribution is 7.98. The molecule has 0 fully saturated rings. The fraction of sp³-hybridized carbons (Fsp3) is 0.484. The summed E-state index contributed by atoms with van der Waals surface area (Å²) in [5, 5.41) is 15.7. The topological polar surface area (TPSA) is 71.2 Å². The lowest BCUT2D eigenvalue weighted by Gasteiger charge is -2.22.